The van der Waals surface area contributed by atoms with Crippen LogP contribution in [-0.4, -0.2) is 18.9 Å². The number of amides is 2. The Morgan fingerprint density at radius 2 is 1.81 bits per heavy atom. The molecule has 2 aliphatic heterocycles. The van der Waals surface area contributed by atoms with E-state index in [0.29, 0.717) is 6.42 Å². The van der Waals surface area contributed by atoms with E-state index < -0.39 is 0 Å². The van der Waals surface area contributed by atoms with Crippen molar-refractivity contribution in [3.8, 4) is 5.75 Å². The van der Waals surface area contributed by atoms with Gasteiger partial charge in [0.1, 0.15) is 5.75 Å². The fourth-order valence-corrected chi connectivity index (χ4v) is 3.51. The van der Waals surface area contributed by atoms with E-state index >= 15 is 0 Å². The van der Waals surface area contributed by atoms with Crippen molar-refractivity contribution >= 4 is 11.7 Å². The van der Waals surface area contributed by atoms with Crippen molar-refractivity contribution in [2.75, 3.05) is 7.11 Å². The minimum absolute atomic E-state index is 0.115. The minimum Gasteiger partial charge on any atom is -0.497 e. The zero-order valence-electron chi connectivity index (χ0n) is 15.2. The predicted octanol–water partition coefficient (Wildman–Crippen LogP) is 3.84. The molecule has 4 rings (SSSR count). The van der Waals surface area contributed by atoms with Gasteiger partial charge in [-0.3, -0.25) is 0 Å². The highest BCUT2D eigenvalue weighted by atomic mass is 16.6. The Morgan fingerprint density at radius 1 is 1.07 bits per heavy atom. The van der Waals surface area contributed by atoms with E-state index in [2.05, 4.69) is 15.8 Å². The van der Waals surface area contributed by atoms with Gasteiger partial charge < -0.3 is 20.2 Å². The summed E-state index contributed by atoms with van der Waals surface area (Å²) < 4.78 is 5.23. The number of benzene rings is 2. The second kappa shape index (κ2) is 7.15. The van der Waals surface area contributed by atoms with Gasteiger partial charge in [0.2, 0.25) is 0 Å². The molecule has 2 heterocycles. The Balaban J connectivity index is 1.64. The van der Waals surface area contributed by atoms with Gasteiger partial charge >= 0.3 is 6.03 Å². The van der Waals surface area contributed by atoms with Crippen LogP contribution >= 0.6 is 0 Å². The molecule has 0 saturated carbocycles. The van der Waals surface area contributed by atoms with Gasteiger partial charge in [0.25, 0.3) is 0 Å². The molecule has 2 amide bonds. The van der Waals surface area contributed by atoms with Crippen LogP contribution in [-0.2, 0) is 4.84 Å². The number of hydrogen-bond acceptors (Lipinski definition) is 4. The molecule has 2 N–H and O–H groups in total. The highest BCUT2D eigenvalue weighted by molar-refractivity contribution is 6.04. The summed E-state index contributed by atoms with van der Waals surface area (Å²) in [6.45, 7) is 1.89. The fraction of sp³-hybridized carbons (Fsp3) is 0.238. The molecule has 2 aromatic rings. The third kappa shape index (κ3) is 3.38. The molecule has 0 saturated heterocycles. The first kappa shape index (κ1) is 17.1. The molecule has 0 aromatic heterocycles. The molecule has 2 aromatic carbocycles. The normalized spacial score (nSPS) is 21.9. The van der Waals surface area contributed by atoms with Crippen LogP contribution in [0.1, 0.15) is 36.6 Å². The minimum atomic E-state index is -0.290. The van der Waals surface area contributed by atoms with Crippen LogP contribution in [0.5, 0.6) is 5.75 Å². The molecule has 138 valence electrons. The van der Waals surface area contributed by atoms with Crippen molar-refractivity contribution in [1.29, 1.82) is 0 Å². The summed E-state index contributed by atoms with van der Waals surface area (Å²) in [7, 11) is 1.63. The SMILES string of the molecule is COc1ccc(C2NC(=O)NC(C)=C2C2=NOC(c3ccccc3)C2)cc1. The first-order valence-electron chi connectivity index (χ1n) is 8.86. The Bertz CT molecular complexity index is 904. The Labute approximate surface area is 157 Å². The maximum absolute atomic E-state index is 12.1. The number of ether oxygens (including phenoxy) is 1. The molecule has 6 heteroatoms. The summed E-state index contributed by atoms with van der Waals surface area (Å²) in [5.41, 5.74) is 4.62. The van der Waals surface area contributed by atoms with E-state index in [1.807, 2.05) is 61.5 Å². The highest BCUT2D eigenvalue weighted by Gasteiger charge is 2.34. The van der Waals surface area contributed by atoms with Crippen LogP contribution in [0.25, 0.3) is 0 Å². The third-order valence-electron chi connectivity index (χ3n) is 4.87. The largest absolute Gasteiger partial charge is 0.497 e. The Hall–Kier alpha value is -3.28. The summed E-state index contributed by atoms with van der Waals surface area (Å²) in [5.74, 6) is 0.770. The van der Waals surface area contributed by atoms with Gasteiger partial charge in [-0.25, -0.2) is 4.79 Å². The summed E-state index contributed by atoms with van der Waals surface area (Å²) in [4.78, 5) is 17.8. The lowest BCUT2D eigenvalue weighted by Crippen LogP contribution is -2.44. The molecule has 0 fully saturated rings. The molecule has 2 atom stereocenters. The van der Waals surface area contributed by atoms with Gasteiger partial charge in [0.15, 0.2) is 6.10 Å². The standard InChI is InChI=1S/C21H21N3O3/c1-13-19(17-12-18(27-24-17)14-6-4-3-5-7-14)20(23-21(25)22-13)15-8-10-16(26-2)11-9-15/h3-11,18,20H,12H2,1-2H3,(H2,22,23,25). The number of urea groups is 1. The van der Waals surface area contributed by atoms with E-state index in [0.717, 1.165) is 33.9 Å². The van der Waals surface area contributed by atoms with Gasteiger partial charge in [0.05, 0.1) is 18.9 Å². The average molecular weight is 363 g/mol. The quantitative estimate of drug-likeness (QED) is 0.867. The van der Waals surface area contributed by atoms with Crippen LogP contribution in [0.3, 0.4) is 0 Å². The zero-order chi connectivity index (χ0) is 18.8. The van der Waals surface area contributed by atoms with Crippen LogP contribution in [0.4, 0.5) is 4.79 Å². The van der Waals surface area contributed by atoms with E-state index in [1.165, 1.54) is 0 Å². The number of oxime groups is 1. The van der Waals surface area contributed by atoms with Crippen LogP contribution < -0.4 is 15.4 Å². The highest BCUT2D eigenvalue weighted by Crippen LogP contribution is 2.36. The van der Waals surface area contributed by atoms with Crippen molar-refractivity contribution in [3.05, 3.63) is 77.0 Å². The number of carbonyl (C=O) groups excluding carboxylic acids is 1. The first-order chi connectivity index (χ1) is 13.2. The van der Waals surface area contributed by atoms with E-state index in [4.69, 9.17) is 9.57 Å². The van der Waals surface area contributed by atoms with Crippen molar-refractivity contribution < 1.29 is 14.4 Å². The van der Waals surface area contributed by atoms with Crippen molar-refractivity contribution in [2.45, 2.75) is 25.5 Å². The van der Waals surface area contributed by atoms with Gasteiger partial charge in [0, 0.05) is 17.7 Å². The number of nitrogens with one attached hydrogen (secondary N) is 2. The molecule has 0 spiro atoms. The molecule has 2 unspecified atom stereocenters. The summed E-state index contributed by atoms with van der Waals surface area (Å²) in [5, 5.41) is 10.2. The lowest BCUT2D eigenvalue weighted by Gasteiger charge is -2.29. The number of methoxy groups -OCH3 is 1. The monoisotopic (exact) mass is 363 g/mol. The van der Waals surface area contributed by atoms with Gasteiger partial charge in [-0.15, -0.1) is 0 Å². The number of carbonyl (C=O) groups is 1. The second-order valence-electron chi connectivity index (χ2n) is 6.59. The molecule has 0 bridgehead atoms. The molecule has 27 heavy (non-hydrogen) atoms. The maximum atomic E-state index is 12.1. The second-order valence-corrected chi connectivity index (χ2v) is 6.59. The topological polar surface area (TPSA) is 72.0 Å². The molecular formula is C21H21N3O3. The van der Waals surface area contributed by atoms with Crippen molar-refractivity contribution in [2.24, 2.45) is 5.16 Å². The first-order valence-corrected chi connectivity index (χ1v) is 8.86. The van der Waals surface area contributed by atoms with Crippen molar-refractivity contribution in [3.63, 3.8) is 0 Å². The van der Waals surface area contributed by atoms with E-state index in [9.17, 15) is 4.79 Å². The fourth-order valence-electron chi connectivity index (χ4n) is 3.51. The number of allylic oxidation sites excluding steroid dienone is 1. The molecule has 6 nitrogen and oxygen atoms in total. The van der Waals surface area contributed by atoms with Crippen molar-refractivity contribution in [1.82, 2.24) is 10.6 Å². The van der Waals surface area contributed by atoms with Crippen LogP contribution in [0, 0.1) is 0 Å². The zero-order valence-corrected chi connectivity index (χ0v) is 15.2. The third-order valence-corrected chi connectivity index (χ3v) is 4.87. The van der Waals surface area contributed by atoms with Gasteiger partial charge in [-0.1, -0.05) is 47.6 Å². The number of rotatable bonds is 4. The number of nitrogens with zero attached hydrogens (tertiary/aromatic N) is 1. The molecule has 2 aliphatic rings. The van der Waals surface area contributed by atoms with Gasteiger partial charge in [-0.05, 0) is 30.2 Å². The number of hydrogen-bond donors (Lipinski definition) is 2. The van der Waals surface area contributed by atoms with Crippen LogP contribution in [0.2, 0.25) is 0 Å². The Kier molecular flexibility index (Phi) is 4.54. The molecule has 0 radical (unpaired) electrons. The maximum Gasteiger partial charge on any atom is 0.319 e. The van der Waals surface area contributed by atoms with E-state index in [1.54, 1.807) is 7.11 Å². The predicted molar refractivity (Wildman–Crippen MR) is 102 cm³/mol. The summed E-state index contributed by atoms with van der Waals surface area (Å²) in [6, 6.07) is 17.2. The lowest BCUT2D eigenvalue weighted by molar-refractivity contribution is 0.0857. The smallest absolute Gasteiger partial charge is 0.319 e. The average Bonchev–Trinajstić information content (AvgIpc) is 3.18. The van der Waals surface area contributed by atoms with Crippen LogP contribution in [0.15, 0.2) is 71.0 Å². The molecular weight excluding hydrogens is 342 g/mol. The lowest BCUT2D eigenvalue weighted by atomic mass is 9.89. The molecule has 0 aliphatic carbocycles. The van der Waals surface area contributed by atoms with E-state index in [-0.39, 0.29) is 18.2 Å². The Morgan fingerprint density at radius 3 is 2.52 bits per heavy atom. The summed E-state index contributed by atoms with van der Waals surface area (Å²) >= 11 is 0. The summed E-state index contributed by atoms with van der Waals surface area (Å²) in [6.07, 6.45) is 0.539. The van der Waals surface area contributed by atoms with Gasteiger partial charge in [-0.2, -0.15) is 0 Å².